The van der Waals surface area contributed by atoms with Gasteiger partial charge in [0.25, 0.3) is 0 Å². The topological polar surface area (TPSA) is 84.2 Å². The second kappa shape index (κ2) is 6.15. The maximum atomic E-state index is 12.4. The monoisotopic (exact) mass is 325 g/mol. The summed E-state index contributed by atoms with van der Waals surface area (Å²) in [5.41, 5.74) is 4.14. The first-order valence-corrected chi connectivity index (χ1v) is 8.79. The molecule has 1 atom stereocenters. The van der Waals surface area contributed by atoms with Crippen molar-refractivity contribution in [3.05, 3.63) is 45.6 Å². The smallest absolute Gasteiger partial charge is 0.241 e. The van der Waals surface area contributed by atoms with E-state index >= 15 is 0 Å². The van der Waals surface area contributed by atoms with E-state index in [1.165, 1.54) is 17.0 Å². The molecule has 0 fully saturated rings. The summed E-state index contributed by atoms with van der Waals surface area (Å²) in [6, 6.07) is 8.05. The molecule has 114 valence electrons. The van der Waals surface area contributed by atoms with E-state index in [1.54, 1.807) is 23.5 Å². The Balaban J connectivity index is 2.22. The van der Waals surface area contributed by atoms with Gasteiger partial charge in [-0.1, -0.05) is 0 Å². The fraction of sp³-hybridized carbons (Fsp3) is 0.286. The van der Waals surface area contributed by atoms with E-state index in [0.717, 1.165) is 10.4 Å². The van der Waals surface area contributed by atoms with Crippen molar-refractivity contribution < 1.29 is 8.42 Å². The van der Waals surface area contributed by atoms with Gasteiger partial charge in [-0.3, -0.25) is 5.84 Å². The van der Waals surface area contributed by atoms with E-state index < -0.39 is 10.0 Å². The maximum absolute atomic E-state index is 12.4. The Hall–Kier alpha value is -1.41. The molecule has 5 nitrogen and oxygen atoms in total. The van der Waals surface area contributed by atoms with Crippen LogP contribution in [0.25, 0.3) is 0 Å². The third kappa shape index (κ3) is 3.62. The van der Waals surface area contributed by atoms with Crippen LogP contribution in [0.2, 0.25) is 0 Å². The molecule has 4 N–H and O–H groups in total. The number of aryl methyl sites for hydroxylation is 2. The third-order valence-electron chi connectivity index (χ3n) is 3.21. The molecule has 1 unspecified atom stereocenters. The number of hydrogen-bond donors (Lipinski definition) is 3. The zero-order valence-electron chi connectivity index (χ0n) is 12.2. The molecule has 1 aromatic heterocycles. The lowest BCUT2D eigenvalue weighted by Crippen LogP contribution is -2.27. The maximum Gasteiger partial charge on any atom is 0.241 e. The summed E-state index contributed by atoms with van der Waals surface area (Å²) in [5, 5.41) is 0. The lowest BCUT2D eigenvalue weighted by atomic mass is 10.1. The van der Waals surface area contributed by atoms with Crippen molar-refractivity contribution in [2.24, 2.45) is 5.84 Å². The van der Waals surface area contributed by atoms with E-state index in [-0.39, 0.29) is 10.9 Å². The molecule has 7 heteroatoms. The molecule has 0 aliphatic carbocycles. The van der Waals surface area contributed by atoms with Crippen LogP contribution in [0.5, 0.6) is 0 Å². The summed E-state index contributed by atoms with van der Waals surface area (Å²) in [5.74, 6) is 5.27. The molecule has 0 bridgehead atoms. The van der Waals surface area contributed by atoms with Gasteiger partial charge in [-0.15, -0.1) is 11.3 Å². The second-order valence-electron chi connectivity index (χ2n) is 4.88. The van der Waals surface area contributed by atoms with Gasteiger partial charge < -0.3 is 5.43 Å². The Morgan fingerprint density at radius 3 is 2.29 bits per heavy atom. The van der Waals surface area contributed by atoms with Crippen molar-refractivity contribution in [1.29, 1.82) is 0 Å². The highest BCUT2D eigenvalue weighted by molar-refractivity contribution is 7.89. The van der Waals surface area contributed by atoms with Gasteiger partial charge in [-0.2, -0.15) is 0 Å². The fourth-order valence-corrected chi connectivity index (χ4v) is 4.42. The highest BCUT2D eigenvalue weighted by Gasteiger charge is 2.20. The molecule has 0 saturated carbocycles. The van der Waals surface area contributed by atoms with Crippen LogP contribution >= 0.6 is 11.3 Å². The fourth-order valence-electron chi connectivity index (χ4n) is 2.17. The molecule has 1 heterocycles. The van der Waals surface area contributed by atoms with Crippen LogP contribution in [0.15, 0.2) is 35.2 Å². The van der Waals surface area contributed by atoms with Crippen LogP contribution in [-0.2, 0) is 10.0 Å². The summed E-state index contributed by atoms with van der Waals surface area (Å²) in [7, 11) is -3.55. The van der Waals surface area contributed by atoms with Crippen molar-refractivity contribution >= 4 is 27.0 Å². The standard InChI is InChI=1S/C14H19N3O2S2/c1-9-8-14(11(3)20-9)10(2)17-21(18,19)13-6-4-12(16-15)5-7-13/h4-8,10,16-17H,15H2,1-3H3. The number of nitrogens with one attached hydrogen (secondary N) is 2. The van der Waals surface area contributed by atoms with Crippen molar-refractivity contribution in [2.75, 3.05) is 5.43 Å². The molecule has 1 aromatic carbocycles. The minimum atomic E-state index is -3.55. The minimum absolute atomic E-state index is 0.220. The van der Waals surface area contributed by atoms with Crippen molar-refractivity contribution in [3.63, 3.8) is 0 Å². The third-order valence-corrected chi connectivity index (χ3v) is 5.75. The van der Waals surface area contributed by atoms with Crippen molar-refractivity contribution in [1.82, 2.24) is 4.72 Å². The predicted molar refractivity (Wildman–Crippen MR) is 86.8 cm³/mol. The van der Waals surface area contributed by atoms with E-state index in [4.69, 9.17) is 5.84 Å². The van der Waals surface area contributed by atoms with E-state index in [1.807, 2.05) is 26.8 Å². The number of rotatable bonds is 5. The van der Waals surface area contributed by atoms with Gasteiger partial charge in [-0.05, 0) is 56.7 Å². The Morgan fingerprint density at radius 1 is 1.19 bits per heavy atom. The molecule has 0 spiro atoms. The van der Waals surface area contributed by atoms with Gasteiger partial charge in [0.05, 0.1) is 4.90 Å². The first kappa shape index (κ1) is 16.0. The first-order valence-electron chi connectivity index (χ1n) is 6.49. The molecular formula is C14H19N3O2S2. The summed E-state index contributed by atoms with van der Waals surface area (Å²) < 4.78 is 27.5. The minimum Gasteiger partial charge on any atom is -0.324 e. The number of anilines is 1. The summed E-state index contributed by atoms with van der Waals surface area (Å²) in [4.78, 5) is 2.52. The van der Waals surface area contributed by atoms with Gasteiger partial charge in [0, 0.05) is 21.5 Å². The number of hydrazine groups is 1. The predicted octanol–water partition coefficient (Wildman–Crippen LogP) is 2.69. The van der Waals surface area contributed by atoms with Crippen LogP contribution in [0.1, 0.15) is 28.3 Å². The van der Waals surface area contributed by atoms with Gasteiger partial charge in [0.1, 0.15) is 0 Å². The normalized spacial score (nSPS) is 13.1. The molecule has 2 aromatic rings. The zero-order chi connectivity index (χ0) is 15.6. The molecule has 21 heavy (non-hydrogen) atoms. The van der Waals surface area contributed by atoms with E-state index in [0.29, 0.717) is 5.69 Å². The largest absolute Gasteiger partial charge is 0.324 e. The lowest BCUT2D eigenvalue weighted by molar-refractivity contribution is 0.567. The average Bonchev–Trinajstić information content (AvgIpc) is 2.77. The van der Waals surface area contributed by atoms with Crippen LogP contribution < -0.4 is 16.0 Å². The van der Waals surface area contributed by atoms with Gasteiger partial charge in [0.2, 0.25) is 10.0 Å². The number of hydrogen-bond acceptors (Lipinski definition) is 5. The Bertz CT molecular complexity index is 721. The molecular weight excluding hydrogens is 306 g/mol. The number of nitrogen functional groups attached to an aromatic ring is 1. The van der Waals surface area contributed by atoms with Crippen molar-refractivity contribution in [3.8, 4) is 0 Å². The molecule has 0 aliphatic rings. The van der Waals surface area contributed by atoms with Crippen LogP contribution in [-0.4, -0.2) is 8.42 Å². The summed E-state index contributed by atoms with van der Waals surface area (Å²) >= 11 is 1.67. The zero-order valence-corrected chi connectivity index (χ0v) is 13.8. The SMILES string of the molecule is Cc1cc(C(C)NS(=O)(=O)c2ccc(NN)cc2)c(C)s1. The quantitative estimate of drug-likeness (QED) is 0.583. The summed E-state index contributed by atoms with van der Waals surface area (Å²) in [6.07, 6.45) is 0. The van der Waals surface area contributed by atoms with Crippen LogP contribution in [0, 0.1) is 13.8 Å². The number of nitrogens with two attached hydrogens (primary N) is 1. The van der Waals surface area contributed by atoms with E-state index in [9.17, 15) is 8.42 Å². The first-order chi connectivity index (χ1) is 9.83. The molecule has 0 saturated heterocycles. The second-order valence-corrected chi connectivity index (χ2v) is 8.05. The van der Waals surface area contributed by atoms with Crippen molar-refractivity contribution in [2.45, 2.75) is 31.7 Å². The molecule has 0 aliphatic heterocycles. The highest BCUT2D eigenvalue weighted by Crippen LogP contribution is 2.27. The number of sulfonamides is 1. The van der Waals surface area contributed by atoms with Gasteiger partial charge >= 0.3 is 0 Å². The highest BCUT2D eigenvalue weighted by atomic mass is 32.2. The van der Waals surface area contributed by atoms with Crippen LogP contribution in [0.3, 0.4) is 0 Å². The lowest BCUT2D eigenvalue weighted by Gasteiger charge is -2.14. The average molecular weight is 325 g/mol. The van der Waals surface area contributed by atoms with Crippen LogP contribution in [0.4, 0.5) is 5.69 Å². The van der Waals surface area contributed by atoms with Gasteiger partial charge in [0.15, 0.2) is 0 Å². The molecule has 2 rings (SSSR count). The number of benzene rings is 1. The Morgan fingerprint density at radius 2 is 1.81 bits per heavy atom. The number of thiophene rings is 1. The molecule has 0 amide bonds. The van der Waals surface area contributed by atoms with E-state index in [2.05, 4.69) is 10.1 Å². The molecule has 0 radical (unpaired) electrons. The Labute approximate surface area is 129 Å². The van der Waals surface area contributed by atoms with Gasteiger partial charge in [-0.25, -0.2) is 13.1 Å². The summed E-state index contributed by atoms with van der Waals surface area (Å²) in [6.45, 7) is 5.86. The Kier molecular flexibility index (Phi) is 4.67.